The molecule has 1 heterocycles. The molecular formula is C14H18BrNO. The van der Waals surface area contributed by atoms with E-state index in [-0.39, 0.29) is 5.91 Å². The maximum Gasteiger partial charge on any atom is 0.254 e. The number of hydrogen-bond acceptors (Lipinski definition) is 1. The number of benzene rings is 1. The van der Waals surface area contributed by atoms with Gasteiger partial charge in [-0.15, -0.1) is 0 Å². The first-order chi connectivity index (χ1) is 8.13. The SMILES string of the molecule is Cc1cccc(C)c1C(=O)N1CCC(CBr)C1. The number of amides is 1. The lowest BCUT2D eigenvalue weighted by atomic mass is 10.0. The molecule has 1 unspecified atom stereocenters. The molecule has 1 saturated heterocycles. The number of hydrogen-bond donors (Lipinski definition) is 0. The number of carbonyl (C=O) groups is 1. The molecule has 3 heteroatoms. The highest BCUT2D eigenvalue weighted by molar-refractivity contribution is 9.09. The minimum absolute atomic E-state index is 0.198. The van der Waals surface area contributed by atoms with Gasteiger partial charge in [0, 0.05) is 24.0 Å². The molecule has 2 nitrogen and oxygen atoms in total. The highest BCUT2D eigenvalue weighted by Crippen LogP contribution is 2.23. The summed E-state index contributed by atoms with van der Waals surface area (Å²) in [6.07, 6.45) is 1.11. The lowest BCUT2D eigenvalue weighted by Crippen LogP contribution is -2.30. The van der Waals surface area contributed by atoms with Crippen molar-refractivity contribution in [3.05, 3.63) is 34.9 Å². The van der Waals surface area contributed by atoms with E-state index >= 15 is 0 Å². The van der Waals surface area contributed by atoms with Crippen molar-refractivity contribution in [3.8, 4) is 0 Å². The van der Waals surface area contributed by atoms with Gasteiger partial charge in [-0.25, -0.2) is 0 Å². The minimum atomic E-state index is 0.198. The number of aryl methyl sites for hydroxylation is 2. The van der Waals surface area contributed by atoms with E-state index in [0.29, 0.717) is 5.92 Å². The molecule has 2 rings (SSSR count). The van der Waals surface area contributed by atoms with Gasteiger partial charge in [-0.3, -0.25) is 4.79 Å². The van der Waals surface area contributed by atoms with Crippen molar-refractivity contribution in [2.75, 3.05) is 18.4 Å². The average molecular weight is 296 g/mol. The predicted octanol–water partition coefficient (Wildman–Crippen LogP) is 3.16. The minimum Gasteiger partial charge on any atom is -0.338 e. The predicted molar refractivity (Wildman–Crippen MR) is 73.7 cm³/mol. The molecule has 17 heavy (non-hydrogen) atoms. The van der Waals surface area contributed by atoms with E-state index in [1.807, 2.05) is 36.9 Å². The maximum absolute atomic E-state index is 12.5. The molecule has 0 aliphatic carbocycles. The molecule has 1 atom stereocenters. The lowest BCUT2D eigenvalue weighted by molar-refractivity contribution is 0.0787. The number of nitrogens with zero attached hydrogens (tertiary/aromatic N) is 1. The zero-order chi connectivity index (χ0) is 12.4. The summed E-state index contributed by atoms with van der Waals surface area (Å²) in [6.45, 7) is 5.80. The van der Waals surface area contributed by atoms with Crippen molar-refractivity contribution in [1.82, 2.24) is 4.90 Å². The van der Waals surface area contributed by atoms with Gasteiger partial charge >= 0.3 is 0 Å². The Morgan fingerprint density at radius 2 is 2.06 bits per heavy atom. The molecule has 0 bridgehead atoms. The van der Waals surface area contributed by atoms with Gasteiger partial charge in [-0.05, 0) is 37.3 Å². The molecule has 0 aromatic heterocycles. The molecule has 92 valence electrons. The van der Waals surface area contributed by atoms with Crippen LogP contribution in [-0.2, 0) is 0 Å². The summed E-state index contributed by atoms with van der Waals surface area (Å²) in [6, 6.07) is 6.03. The van der Waals surface area contributed by atoms with Gasteiger partial charge in [0.05, 0.1) is 0 Å². The fourth-order valence-electron chi connectivity index (χ4n) is 2.45. The number of alkyl halides is 1. The van der Waals surface area contributed by atoms with Crippen LogP contribution in [0, 0.1) is 19.8 Å². The normalized spacial score (nSPS) is 19.7. The Kier molecular flexibility index (Phi) is 3.87. The summed E-state index contributed by atoms with van der Waals surface area (Å²) in [5.41, 5.74) is 3.05. The zero-order valence-electron chi connectivity index (χ0n) is 10.4. The Morgan fingerprint density at radius 1 is 1.41 bits per heavy atom. The molecular weight excluding hydrogens is 278 g/mol. The van der Waals surface area contributed by atoms with Gasteiger partial charge in [-0.1, -0.05) is 34.1 Å². The van der Waals surface area contributed by atoms with Crippen molar-refractivity contribution in [1.29, 1.82) is 0 Å². The van der Waals surface area contributed by atoms with Crippen molar-refractivity contribution < 1.29 is 4.79 Å². The second kappa shape index (κ2) is 5.21. The van der Waals surface area contributed by atoms with Crippen LogP contribution in [0.1, 0.15) is 27.9 Å². The fraction of sp³-hybridized carbons (Fsp3) is 0.500. The monoisotopic (exact) mass is 295 g/mol. The molecule has 0 saturated carbocycles. The Morgan fingerprint density at radius 3 is 2.59 bits per heavy atom. The summed E-state index contributed by atoms with van der Waals surface area (Å²) in [5.74, 6) is 0.812. The Labute approximate surface area is 111 Å². The van der Waals surface area contributed by atoms with Crippen molar-refractivity contribution in [2.45, 2.75) is 20.3 Å². The Bertz CT molecular complexity index is 410. The highest BCUT2D eigenvalue weighted by Gasteiger charge is 2.27. The first kappa shape index (κ1) is 12.6. The van der Waals surface area contributed by atoms with Crippen LogP contribution < -0.4 is 0 Å². The Hall–Kier alpha value is -0.830. The topological polar surface area (TPSA) is 20.3 Å². The lowest BCUT2D eigenvalue weighted by Gasteiger charge is -2.19. The second-order valence-electron chi connectivity index (χ2n) is 4.83. The van der Waals surface area contributed by atoms with E-state index in [2.05, 4.69) is 15.9 Å². The summed E-state index contributed by atoms with van der Waals surface area (Å²) >= 11 is 3.50. The van der Waals surface area contributed by atoms with Crippen molar-refractivity contribution in [2.24, 2.45) is 5.92 Å². The quantitative estimate of drug-likeness (QED) is 0.768. The smallest absolute Gasteiger partial charge is 0.254 e. The first-order valence-corrected chi connectivity index (χ1v) is 7.17. The first-order valence-electron chi connectivity index (χ1n) is 6.05. The molecule has 1 aliphatic heterocycles. The van der Waals surface area contributed by atoms with Gasteiger partial charge in [0.1, 0.15) is 0 Å². The third kappa shape index (κ3) is 2.54. The average Bonchev–Trinajstić information content (AvgIpc) is 2.77. The number of carbonyl (C=O) groups excluding carboxylic acids is 1. The van der Waals surface area contributed by atoms with Gasteiger partial charge in [0.25, 0.3) is 5.91 Å². The molecule has 1 amide bonds. The maximum atomic E-state index is 12.5. The standard InChI is InChI=1S/C14H18BrNO/c1-10-4-3-5-11(2)13(10)14(17)16-7-6-12(8-15)9-16/h3-5,12H,6-9H2,1-2H3. The van der Waals surface area contributed by atoms with Gasteiger partial charge in [0.15, 0.2) is 0 Å². The van der Waals surface area contributed by atoms with Crippen LogP contribution >= 0.6 is 15.9 Å². The van der Waals surface area contributed by atoms with Crippen LogP contribution in [0.5, 0.6) is 0 Å². The summed E-state index contributed by atoms with van der Waals surface area (Å²) < 4.78 is 0. The van der Waals surface area contributed by atoms with E-state index in [9.17, 15) is 4.79 Å². The van der Waals surface area contributed by atoms with E-state index in [1.54, 1.807) is 0 Å². The third-order valence-electron chi connectivity index (χ3n) is 3.49. The van der Waals surface area contributed by atoms with Crippen LogP contribution in [-0.4, -0.2) is 29.2 Å². The number of likely N-dealkylation sites (tertiary alicyclic amines) is 1. The van der Waals surface area contributed by atoms with E-state index in [1.165, 1.54) is 0 Å². The van der Waals surface area contributed by atoms with Gasteiger partial charge in [0.2, 0.25) is 0 Å². The summed E-state index contributed by atoms with van der Waals surface area (Å²) in [4.78, 5) is 14.4. The molecule has 0 N–H and O–H groups in total. The summed E-state index contributed by atoms with van der Waals surface area (Å²) in [5, 5.41) is 0.990. The van der Waals surface area contributed by atoms with E-state index in [4.69, 9.17) is 0 Å². The van der Waals surface area contributed by atoms with Crippen LogP contribution in [0.15, 0.2) is 18.2 Å². The van der Waals surface area contributed by atoms with Crippen molar-refractivity contribution >= 4 is 21.8 Å². The summed E-state index contributed by atoms with van der Waals surface area (Å²) in [7, 11) is 0. The van der Waals surface area contributed by atoms with Crippen LogP contribution in [0.2, 0.25) is 0 Å². The Balaban J connectivity index is 2.21. The number of halogens is 1. The van der Waals surface area contributed by atoms with Crippen molar-refractivity contribution in [3.63, 3.8) is 0 Å². The highest BCUT2D eigenvalue weighted by atomic mass is 79.9. The van der Waals surface area contributed by atoms with Crippen LogP contribution in [0.4, 0.5) is 0 Å². The van der Waals surface area contributed by atoms with E-state index < -0.39 is 0 Å². The number of rotatable bonds is 2. The molecule has 1 aromatic carbocycles. The van der Waals surface area contributed by atoms with Crippen LogP contribution in [0.25, 0.3) is 0 Å². The van der Waals surface area contributed by atoms with Crippen LogP contribution in [0.3, 0.4) is 0 Å². The molecule has 1 aliphatic rings. The second-order valence-corrected chi connectivity index (χ2v) is 5.47. The molecule has 1 aromatic rings. The molecule has 0 spiro atoms. The zero-order valence-corrected chi connectivity index (χ0v) is 12.0. The van der Waals surface area contributed by atoms with Gasteiger partial charge in [-0.2, -0.15) is 0 Å². The van der Waals surface area contributed by atoms with Gasteiger partial charge < -0.3 is 4.90 Å². The third-order valence-corrected chi connectivity index (χ3v) is 4.40. The molecule has 1 fully saturated rings. The molecule has 0 radical (unpaired) electrons. The van der Waals surface area contributed by atoms with E-state index in [0.717, 1.165) is 41.5 Å². The fourth-order valence-corrected chi connectivity index (χ4v) is 2.98. The largest absolute Gasteiger partial charge is 0.338 e.